The van der Waals surface area contributed by atoms with Gasteiger partial charge in [-0.05, 0) is 12.8 Å². The highest BCUT2D eigenvalue weighted by atomic mass is 16.7. The van der Waals surface area contributed by atoms with E-state index in [9.17, 15) is 19.5 Å². The lowest BCUT2D eigenvalue weighted by atomic mass is 10.0. The summed E-state index contributed by atoms with van der Waals surface area (Å²) in [7, 11) is 5.93. The van der Waals surface area contributed by atoms with Crippen LogP contribution in [0.5, 0.6) is 0 Å². The maximum absolute atomic E-state index is 12.8. The summed E-state index contributed by atoms with van der Waals surface area (Å²) in [4.78, 5) is 37.1. The van der Waals surface area contributed by atoms with Gasteiger partial charge in [0.2, 0.25) is 0 Å². The van der Waals surface area contributed by atoms with Crippen molar-refractivity contribution in [3.05, 3.63) is 0 Å². The van der Waals surface area contributed by atoms with E-state index in [1.54, 1.807) is 0 Å². The first-order valence-corrected chi connectivity index (χ1v) is 31.2. The van der Waals surface area contributed by atoms with Crippen LogP contribution in [0.25, 0.3) is 0 Å². The average Bonchev–Trinajstić information content (AvgIpc) is 3.34. The van der Waals surface area contributed by atoms with Gasteiger partial charge in [-0.25, -0.2) is 0 Å². The molecule has 0 heterocycles. The maximum atomic E-state index is 12.8. The minimum atomic E-state index is -1.61. The van der Waals surface area contributed by atoms with Gasteiger partial charge in [0.1, 0.15) is 13.2 Å². The highest BCUT2D eigenvalue weighted by molar-refractivity contribution is 5.70. The number of esters is 2. The van der Waals surface area contributed by atoms with E-state index in [-0.39, 0.29) is 32.2 Å². The van der Waals surface area contributed by atoms with E-state index in [1.165, 1.54) is 257 Å². The largest absolute Gasteiger partial charge is 0.545 e. The van der Waals surface area contributed by atoms with E-state index < -0.39 is 24.3 Å². The van der Waals surface area contributed by atoms with Crippen LogP contribution < -0.4 is 5.11 Å². The molecule has 0 fully saturated rings. The second kappa shape index (κ2) is 54.5. The summed E-state index contributed by atoms with van der Waals surface area (Å²) in [6.07, 6.45) is 59.2. The topological polar surface area (TPSA) is 111 Å². The van der Waals surface area contributed by atoms with Gasteiger partial charge in [0, 0.05) is 12.8 Å². The lowest BCUT2D eigenvalue weighted by molar-refractivity contribution is -0.870. The Morgan fingerprint density at radius 3 is 0.901 bits per heavy atom. The van der Waals surface area contributed by atoms with Gasteiger partial charge in [-0.2, -0.15) is 0 Å². The molecular formula is C62H121NO8. The van der Waals surface area contributed by atoms with Gasteiger partial charge < -0.3 is 33.3 Å². The molecule has 71 heavy (non-hydrogen) atoms. The average molecular weight is 1010 g/mol. The summed E-state index contributed by atoms with van der Waals surface area (Å²) in [6, 6.07) is 0. The third kappa shape index (κ3) is 55.9. The number of carboxylic acid groups (broad SMARTS) is 1. The number of ether oxygens (including phenoxy) is 4. The fourth-order valence-corrected chi connectivity index (χ4v) is 9.54. The minimum absolute atomic E-state index is 0.153. The highest BCUT2D eigenvalue weighted by Gasteiger charge is 2.22. The van der Waals surface area contributed by atoms with E-state index in [1.807, 2.05) is 21.1 Å². The van der Waals surface area contributed by atoms with Crippen LogP contribution in [0.4, 0.5) is 0 Å². The molecule has 0 N–H and O–H groups in total. The smallest absolute Gasteiger partial charge is 0.306 e. The molecule has 0 saturated carbocycles. The predicted molar refractivity (Wildman–Crippen MR) is 297 cm³/mol. The molecule has 0 aromatic heterocycles. The minimum Gasteiger partial charge on any atom is -0.545 e. The van der Waals surface area contributed by atoms with Crippen molar-refractivity contribution in [3.8, 4) is 0 Å². The first-order chi connectivity index (χ1) is 34.6. The number of carboxylic acids is 1. The predicted octanol–water partition coefficient (Wildman–Crippen LogP) is 17.0. The molecule has 0 aliphatic carbocycles. The Balaban J connectivity index is 3.88. The standard InChI is InChI=1S/C62H121NO8/c1-6-8-10-12-14-16-18-19-20-21-22-23-24-25-26-27-28-29-30-31-32-33-34-35-36-37-38-39-40-41-42-43-45-47-49-51-53-60(65)71-58(57-70-62(61(66)67)68-55-54-63(3,4)5)56-69-59(64)52-50-48-46-44-17-15-13-11-9-7-2/h58,62H,6-57H2,1-5H3. The Morgan fingerprint density at radius 1 is 0.366 bits per heavy atom. The number of carbonyl (C=O) groups excluding carboxylic acids is 3. The van der Waals surface area contributed by atoms with Crippen LogP contribution in [0.2, 0.25) is 0 Å². The molecule has 0 spiro atoms. The van der Waals surface area contributed by atoms with Crippen LogP contribution in [0.1, 0.15) is 322 Å². The number of hydrogen-bond donors (Lipinski definition) is 0. The lowest BCUT2D eigenvalue weighted by Crippen LogP contribution is -2.44. The van der Waals surface area contributed by atoms with Crippen molar-refractivity contribution < 1.29 is 42.9 Å². The quantitative estimate of drug-likeness (QED) is 0.0256. The summed E-state index contributed by atoms with van der Waals surface area (Å²) in [5, 5.41) is 11.7. The summed E-state index contributed by atoms with van der Waals surface area (Å²) in [5.74, 6) is -2.26. The van der Waals surface area contributed by atoms with Crippen molar-refractivity contribution in [2.75, 3.05) is 47.5 Å². The van der Waals surface area contributed by atoms with Gasteiger partial charge in [0.05, 0.1) is 40.3 Å². The molecule has 0 bridgehead atoms. The molecule has 9 nitrogen and oxygen atoms in total. The SMILES string of the molecule is CCCCCCCCCCCCCCCCCCCCCCCCCCCCCCCCCCCCCCC(=O)OC(COC(=O)CCCCCCCCCCCC)COC(OCC[N+](C)(C)C)C(=O)[O-]. The molecule has 422 valence electrons. The number of carbonyl (C=O) groups is 3. The van der Waals surface area contributed by atoms with Crippen molar-refractivity contribution in [1.82, 2.24) is 0 Å². The van der Waals surface area contributed by atoms with Crippen LogP contribution in [0.3, 0.4) is 0 Å². The second-order valence-corrected chi connectivity index (χ2v) is 22.7. The molecule has 0 rings (SSSR count). The van der Waals surface area contributed by atoms with E-state index in [2.05, 4.69) is 13.8 Å². The molecule has 0 aliphatic rings. The van der Waals surface area contributed by atoms with Gasteiger partial charge in [0.25, 0.3) is 0 Å². The molecule has 9 heteroatoms. The number of nitrogens with zero attached hydrogens (tertiary/aromatic N) is 1. The molecule has 2 atom stereocenters. The van der Waals surface area contributed by atoms with Gasteiger partial charge >= 0.3 is 11.9 Å². The number of quaternary nitrogens is 1. The lowest BCUT2D eigenvalue weighted by Gasteiger charge is -2.26. The molecule has 0 aromatic rings. The third-order valence-electron chi connectivity index (χ3n) is 14.4. The van der Waals surface area contributed by atoms with Crippen molar-refractivity contribution in [3.63, 3.8) is 0 Å². The van der Waals surface area contributed by atoms with E-state index >= 15 is 0 Å². The normalized spacial score (nSPS) is 12.6. The molecule has 0 saturated heterocycles. The Labute approximate surface area is 441 Å². The third-order valence-corrected chi connectivity index (χ3v) is 14.4. The Morgan fingerprint density at radius 2 is 0.634 bits per heavy atom. The summed E-state index contributed by atoms with van der Waals surface area (Å²) >= 11 is 0. The van der Waals surface area contributed by atoms with Crippen molar-refractivity contribution in [2.24, 2.45) is 0 Å². The van der Waals surface area contributed by atoms with Gasteiger partial charge in [0.15, 0.2) is 12.4 Å². The molecule has 0 aromatic carbocycles. The monoisotopic (exact) mass is 1010 g/mol. The Kier molecular flexibility index (Phi) is 53.2. The zero-order valence-corrected chi connectivity index (χ0v) is 48.1. The fraction of sp³-hybridized carbons (Fsp3) is 0.952. The van der Waals surface area contributed by atoms with Crippen LogP contribution >= 0.6 is 0 Å². The zero-order valence-electron chi connectivity index (χ0n) is 48.1. The highest BCUT2D eigenvalue weighted by Crippen LogP contribution is 2.19. The second-order valence-electron chi connectivity index (χ2n) is 22.7. The summed E-state index contributed by atoms with van der Waals surface area (Å²) in [5.41, 5.74) is 0. The Hall–Kier alpha value is -1.71. The van der Waals surface area contributed by atoms with Gasteiger partial charge in [-0.1, -0.05) is 296 Å². The fourth-order valence-electron chi connectivity index (χ4n) is 9.54. The van der Waals surface area contributed by atoms with Crippen molar-refractivity contribution >= 4 is 17.9 Å². The van der Waals surface area contributed by atoms with E-state index in [4.69, 9.17) is 18.9 Å². The molecule has 2 unspecified atom stereocenters. The van der Waals surface area contributed by atoms with Crippen LogP contribution in [-0.4, -0.2) is 82.3 Å². The van der Waals surface area contributed by atoms with E-state index in [0.29, 0.717) is 17.4 Å². The molecular weight excluding hydrogens is 887 g/mol. The molecule has 0 aliphatic heterocycles. The molecule has 0 amide bonds. The maximum Gasteiger partial charge on any atom is 0.306 e. The van der Waals surface area contributed by atoms with Crippen LogP contribution in [0, 0.1) is 0 Å². The summed E-state index contributed by atoms with van der Waals surface area (Å²) in [6.45, 7) is 4.79. The van der Waals surface area contributed by atoms with Gasteiger partial charge in [-0.15, -0.1) is 0 Å². The van der Waals surface area contributed by atoms with Crippen molar-refractivity contribution in [1.29, 1.82) is 0 Å². The van der Waals surface area contributed by atoms with E-state index in [0.717, 1.165) is 38.5 Å². The first-order valence-electron chi connectivity index (χ1n) is 31.2. The summed E-state index contributed by atoms with van der Waals surface area (Å²) < 4.78 is 22.6. The zero-order chi connectivity index (χ0) is 52.0. The molecule has 0 radical (unpaired) electrons. The van der Waals surface area contributed by atoms with Crippen molar-refractivity contribution in [2.45, 2.75) is 334 Å². The first kappa shape index (κ1) is 69.3. The number of unbranched alkanes of at least 4 members (excludes halogenated alkanes) is 44. The number of aliphatic carboxylic acids is 1. The van der Waals surface area contributed by atoms with Crippen LogP contribution in [0.15, 0.2) is 0 Å². The van der Waals surface area contributed by atoms with Crippen LogP contribution in [-0.2, 0) is 33.3 Å². The number of rotatable bonds is 59. The number of hydrogen-bond acceptors (Lipinski definition) is 8. The Bertz CT molecular complexity index is 1130. The van der Waals surface area contributed by atoms with Gasteiger partial charge in [-0.3, -0.25) is 9.59 Å². The number of likely N-dealkylation sites (N-methyl/N-ethyl adjacent to an activating group) is 1.